The van der Waals surface area contributed by atoms with E-state index in [1.54, 1.807) is 30.3 Å². The number of ether oxygens (including phenoxy) is 1. The number of nitrogens with one attached hydrogen (secondary N) is 2. The first kappa shape index (κ1) is 16.9. The van der Waals surface area contributed by atoms with Crippen molar-refractivity contribution < 1.29 is 14.3 Å². The highest BCUT2D eigenvalue weighted by Crippen LogP contribution is 2.29. The number of rotatable bonds is 5. The molecule has 1 heterocycles. The summed E-state index contributed by atoms with van der Waals surface area (Å²) >= 11 is 1.35. The van der Waals surface area contributed by atoms with Gasteiger partial charge in [0.05, 0.1) is 22.4 Å². The molecule has 0 aliphatic carbocycles. The second-order valence-corrected chi connectivity index (χ2v) is 6.30. The molecule has 0 saturated carbocycles. The number of carbonyl (C=O) groups is 2. The van der Waals surface area contributed by atoms with Crippen molar-refractivity contribution in [2.45, 2.75) is 13.8 Å². The molecule has 0 aliphatic heterocycles. The van der Waals surface area contributed by atoms with Crippen LogP contribution in [-0.2, 0) is 4.79 Å². The van der Waals surface area contributed by atoms with E-state index in [4.69, 9.17) is 4.74 Å². The van der Waals surface area contributed by atoms with Gasteiger partial charge in [-0.3, -0.25) is 14.9 Å². The Balaban J connectivity index is 1.83. The number of amides is 2. The van der Waals surface area contributed by atoms with Gasteiger partial charge < -0.3 is 10.1 Å². The molecule has 3 aromatic rings. The molecule has 2 N–H and O–H groups in total. The van der Waals surface area contributed by atoms with Crippen molar-refractivity contribution in [1.82, 2.24) is 4.98 Å². The SMILES string of the molecule is CCOc1ccccc1C(=O)Nc1nc2ccc(NC(C)=O)cc2s1. The number of aromatic nitrogens is 1. The van der Waals surface area contributed by atoms with Crippen molar-refractivity contribution in [3.8, 4) is 5.75 Å². The van der Waals surface area contributed by atoms with Gasteiger partial charge in [-0.15, -0.1) is 0 Å². The quantitative estimate of drug-likeness (QED) is 0.727. The molecule has 3 rings (SSSR count). The van der Waals surface area contributed by atoms with Gasteiger partial charge in [0, 0.05) is 12.6 Å². The molecule has 0 atom stereocenters. The molecule has 7 heteroatoms. The molecular formula is C18H17N3O3S. The van der Waals surface area contributed by atoms with E-state index in [9.17, 15) is 9.59 Å². The third-order valence-electron chi connectivity index (χ3n) is 3.36. The largest absolute Gasteiger partial charge is 0.493 e. The number of anilines is 2. The van der Waals surface area contributed by atoms with Gasteiger partial charge in [0.1, 0.15) is 5.75 Å². The molecule has 25 heavy (non-hydrogen) atoms. The highest BCUT2D eigenvalue weighted by molar-refractivity contribution is 7.22. The van der Waals surface area contributed by atoms with Crippen LogP contribution >= 0.6 is 11.3 Å². The average Bonchev–Trinajstić information content (AvgIpc) is 2.96. The van der Waals surface area contributed by atoms with E-state index >= 15 is 0 Å². The molecular weight excluding hydrogens is 338 g/mol. The lowest BCUT2D eigenvalue weighted by Gasteiger charge is -2.08. The Hall–Kier alpha value is -2.93. The van der Waals surface area contributed by atoms with Crippen LogP contribution in [0.5, 0.6) is 5.75 Å². The Labute approximate surface area is 148 Å². The Kier molecular flexibility index (Phi) is 4.95. The number of benzene rings is 2. The van der Waals surface area contributed by atoms with Crippen molar-refractivity contribution in [2.75, 3.05) is 17.2 Å². The maximum absolute atomic E-state index is 12.5. The molecule has 2 aromatic carbocycles. The third-order valence-corrected chi connectivity index (χ3v) is 4.29. The Morgan fingerprint density at radius 2 is 1.96 bits per heavy atom. The molecule has 0 unspecified atom stereocenters. The summed E-state index contributed by atoms with van der Waals surface area (Å²) in [5, 5.41) is 6.03. The lowest BCUT2D eigenvalue weighted by molar-refractivity contribution is -0.114. The minimum Gasteiger partial charge on any atom is -0.493 e. The lowest BCUT2D eigenvalue weighted by Crippen LogP contribution is -2.13. The van der Waals surface area contributed by atoms with Gasteiger partial charge in [-0.05, 0) is 37.3 Å². The zero-order valence-corrected chi connectivity index (χ0v) is 14.6. The van der Waals surface area contributed by atoms with Crippen LogP contribution in [0.2, 0.25) is 0 Å². The summed E-state index contributed by atoms with van der Waals surface area (Å²) in [5.41, 5.74) is 1.92. The van der Waals surface area contributed by atoms with Gasteiger partial charge in [-0.1, -0.05) is 23.5 Å². The van der Waals surface area contributed by atoms with E-state index in [1.165, 1.54) is 18.3 Å². The fraction of sp³-hybridized carbons (Fsp3) is 0.167. The van der Waals surface area contributed by atoms with Crippen LogP contribution < -0.4 is 15.4 Å². The Bertz CT molecular complexity index is 936. The Morgan fingerprint density at radius 3 is 2.72 bits per heavy atom. The number of para-hydroxylation sites is 1. The number of hydrogen-bond donors (Lipinski definition) is 2. The first-order chi connectivity index (χ1) is 12.1. The normalized spacial score (nSPS) is 10.5. The molecule has 6 nitrogen and oxygen atoms in total. The summed E-state index contributed by atoms with van der Waals surface area (Å²) in [6, 6.07) is 12.5. The number of carbonyl (C=O) groups excluding carboxylic acids is 2. The number of hydrogen-bond acceptors (Lipinski definition) is 5. The van der Waals surface area contributed by atoms with Crippen LogP contribution in [-0.4, -0.2) is 23.4 Å². The zero-order chi connectivity index (χ0) is 17.8. The van der Waals surface area contributed by atoms with Gasteiger partial charge in [0.25, 0.3) is 5.91 Å². The summed E-state index contributed by atoms with van der Waals surface area (Å²) < 4.78 is 6.36. The maximum Gasteiger partial charge on any atom is 0.261 e. The molecule has 0 bridgehead atoms. The second-order valence-electron chi connectivity index (χ2n) is 5.27. The molecule has 0 saturated heterocycles. The molecule has 2 amide bonds. The van der Waals surface area contributed by atoms with E-state index in [0.29, 0.717) is 28.7 Å². The van der Waals surface area contributed by atoms with Gasteiger partial charge in [0.15, 0.2) is 5.13 Å². The molecule has 0 radical (unpaired) electrons. The van der Waals surface area contributed by atoms with E-state index < -0.39 is 0 Å². The number of thiazole rings is 1. The highest BCUT2D eigenvalue weighted by atomic mass is 32.1. The summed E-state index contributed by atoms with van der Waals surface area (Å²) in [6.45, 7) is 3.81. The predicted molar refractivity (Wildman–Crippen MR) is 99.5 cm³/mol. The topological polar surface area (TPSA) is 80.3 Å². The van der Waals surface area contributed by atoms with Crippen LogP contribution in [0, 0.1) is 0 Å². The average molecular weight is 355 g/mol. The van der Waals surface area contributed by atoms with E-state index in [1.807, 2.05) is 19.1 Å². The van der Waals surface area contributed by atoms with Crippen LogP contribution in [0.4, 0.5) is 10.8 Å². The number of fused-ring (bicyclic) bond motifs is 1. The van der Waals surface area contributed by atoms with Gasteiger partial charge in [-0.2, -0.15) is 0 Å². The van der Waals surface area contributed by atoms with Gasteiger partial charge in [-0.25, -0.2) is 4.98 Å². The fourth-order valence-electron chi connectivity index (χ4n) is 2.36. The summed E-state index contributed by atoms with van der Waals surface area (Å²) in [5.74, 6) is 0.131. The second kappa shape index (κ2) is 7.31. The van der Waals surface area contributed by atoms with Crippen LogP contribution in [0.3, 0.4) is 0 Å². The molecule has 0 aliphatic rings. The molecule has 128 valence electrons. The van der Waals surface area contributed by atoms with E-state index in [-0.39, 0.29) is 11.8 Å². The van der Waals surface area contributed by atoms with Crippen LogP contribution in [0.25, 0.3) is 10.2 Å². The maximum atomic E-state index is 12.5. The van der Waals surface area contributed by atoms with Crippen molar-refractivity contribution in [3.63, 3.8) is 0 Å². The summed E-state index contributed by atoms with van der Waals surface area (Å²) in [7, 11) is 0. The fourth-order valence-corrected chi connectivity index (χ4v) is 3.26. The van der Waals surface area contributed by atoms with Gasteiger partial charge in [0.2, 0.25) is 5.91 Å². The van der Waals surface area contributed by atoms with Crippen LogP contribution in [0.1, 0.15) is 24.2 Å². The lowest BCUT2D eigenvalue weighted by atomic mass is 10.2. The first-order valence-electron chi connectivity index (χ1n) is 7.78. The summed E-state index contributed by atoms with van der Waals surface area (Å²) in [6.07, 6.45) is 0. The van der Waals surface area contributed by atoms with Crippen molar-refractivity contribution >= 4 is 44.2 Å². The molecule has 1 aromatic heterocycles. The van der Waals surface area contributed by atoms with Gasteiger partial charge >= 0.3 is 0 Å². The number of nitrogens with zero attached hydrogens (tertiary/aromatic N) is 1. The van der Waals surface area contributed by atoms with Crippen molar-refractivity contribution in [3.05, 3.63) is 48.0 Å². The monoisotopic (exact) mass is 355 g/mol. The minimum atomic E-state index is -0.273. The molecule has 0 spiro atoms. The van der Waals surface area contributed by atoms with Crippen molar-refractivity contribution in [2.24, 2.45) is 0 Å². The zero-order valence-electron chi connectivity index (χ0n) is 13.8. The van der Waals surface area contributed by atoms with E-state index in [0.717, 1.165) is 10.2 Å². The minimum absolute atomic E-state index is 0.134. The Morgan fingerprint density at radius 1 is 1.16 bits per heavy atom. The summed E-state index contributed by atoms with van der Waals surface area (Å²) in [4.78, 5) is 28.1. The third kappa shape index (κ3) is 3.95. The van der Waals surface area contributed by atoms with E-state index in [2.05, 4.69) is 15.6 Å². The molecule has 0 fully saturated rings. The highest BCUT2D eigenvalue weighted by Gasteiger charge is 2.14. The first-order valence-corrected chi connectivity index (χ1v) is 8.60. The van der Waals surface area contributed by atoms with Crippen molar-refractivity contribution in [1.29, 1.82) is 0 Å². The standard InChI is InChI=1S/C18H17N3O3S/c1-3-24-15-7-5-4-6-13(15)17(23)21-18-20-14-9-8-12(19-11(2)22)10-16(14)25-18/h4-10H,3H2,1-2H3,(H,19,22)(H,20,21,23). The predicted octanol–water partition coefficient (Wildman–Crippen LogP) is 3.91. The van der Waals surface area contributed by atoms with Crippen LogP contribution in [0.15, 0.2) is 42.5 Å². The smallest absolute Gasteiger partial charge is 0.261 e.